The van der Waals surface area contributed by atoms with E-state index in [2.05, 4.69) is 27.5 Å². The molecule has 3 aromatic rings. The Morgan fingerprint density at radius 2 is 1.84 bits per heavy atom. The van der Waals surface area contributed by atoms with Crippen LogP contribution >= 0.6 is 0 Å². The smallest absolute Gasteiger partial charge is 0.257 e. The van der Waals surface area contributed by atoms with Crippen molar-refractivity contribution in [2.24, 2.45) is 0 Å². The van der Waals surface area contributed by atoms with Crippen LogP contribution in [0.25, 0.3) is 11.0 Å². The van der Waals surface area contributed by atoms with Gasteiger partial charge in [0, 0.05) is 48.2 Å². The Morgan fingerprint density at radius 1 is 1.09 bits per heavy atom. The molecule has 0 spiro atoms. The molecule has 3 heterocycles. The topological polar surface area (TPSA) is 87.2 Å². The molecule has 0 saturated carbocycles. The molecule has 0 bridgehead atoms. The highest BCUT2D eigenvalue weighted by atomic mass is 16.2. The van der Waals surface area contributed by atoms with E-state index in [1.807, 2.05) is 48.2 Å². The number of hydrogen-bond donors (Lipinski definition) is 2. The lowest BCUT2D eigenvalue weighted by atomic mass is 9.98. The Kier molecular flexibility index (Phi) is 6.35. The molecule has 0 aliphatic carbocycles. The van der Waals surface area contributed by atoms with Gasteiger partial charge in [-0.3, -0.25) is 9.59 Å². The Morgan fingerprint density at radius 3 is 2.56 bits per heavy atom. The lowest BCUT2D eigenvalue weighted by Crippen LogP contribution is -2.43. The average Bonchev–Trinajstić information content (AvgIpc) is 2.79. The highest BCUT2D eigenvalue weighted by Crippen LogP contribution is 2.32. The summed E-state index contributed by atoms with van der Waals surface area (Å²) in [5.41, 5.74) is 4.26. The molecule has 7 nitrogen and oxygen atoms in total. The standard InChI is InChI=1S/C25H29N5O2/c1-4-20-7-5-6-14-30(20)25(32)22-15-26-24-21(13-8-16(2)27-24)23(22)29-19-11-9-18(10-12-19)28-17(3)31/h8-13,15,20H,4-7,14H2,1-3H3,(H,28,31)(H,26,27,29)/t20-/m1/s1. The second-order valence-electron chi connectivity index (χ2n) is 8.31. The van der Waals surface area contributed by atoms with E-state index >= 15 is 0 Å². The minimum Gasteiger partial charge on any atom is -0.354 e. The van der Waals surface area contributed by atoms with Gasteiger partial charge in [-0.15, -0.1) is 0 Å². The Bertz CT molecular complexity index is 1140. The maximum atomic E-state index is 13.6. The molecule has 0 unspecified atom stereocenters. The van der Waals surface area contributed by atoms with E-state index in [1.165, 1.54) is 6.92 Å². The van der Waals surface area contributed by atoms with E-state index < -0.39 is 0 Å². The largest absolute Gasteiger partial charge is 0.354 e. The molecule has 1 atom stereocenters. The number of aryl methyl sites for hydroxylation is 1. The monoisotopic (exact) mass is 431 g/mol. The van der Waals surface area contributed by atoms with Crippen LogP contribution in [0.2, 0.25) is 0 Å². The first-order chi connectivity index (χ1) is 15.5. The molecular formula is C25H29N5O2. The number of aromatic nitrogens is 2. The fraction of sp³-hybridized carbons (Fsp3) is 0.360. The zero-order valence-electron chi connectivity index (χ0n) is 18.8. The summed E-state index contributed by atoms with van der Waals surface area (Å²) in [7, 11) is 0. The molecule has 1 saturated heterocycles. The first-order valence-corrected chi connectivity index (χ1v) is 11.2. The molecule has 2 amide bonds. The van der Waals surface area contributed by atoms with Gasteiger partial charge in [0.15, 0.2) is 5.65 Å². The third-order valence-electron chi connectivity index (χ3n) is 5.93. The van der Waals surface area contributed by atoms with E-state index in [4.69, 9.17) is 0 Å². The van der Waals surface area contributed by atoms with Gasteiger partial charge in [-0.1, -0.05) is 6.92 Å². The van der Waals surface area contributed by atoms with Crippen molar-refractivity contribution < 1.29 is 9.59 Å². The van der Waals surface area contributed by atoms with Crippen molar-refractivity contribution in [3.8, 4) is 0 Å². The first-order valence-electron chi connectivity index (χ1n) is 11.2. The highest BCUT2D eigenvalue weighted by molar-refractivity contribution is 6.07. The Balaban J connectivity index is 1.74. The van der Waals surface area contributed by atoms with E-state index in [0.717, 1.165) is 54.7 Å². The fourth-order valence-corrected chi connectivity index (χ4v) is 4.30. The quantitative estimate of drug-likeness (QED) is 0.591. The van der Waals surface area contributed by atoms with Crippen LogP contribution in [-0.4, -0.2) is 39.3 Å². The van der Waals surface area contributed by atoms with Gasteiger partial charge in [0.1, 0.15) is 0 Å². The molecule has 1 fully saturated rings. The molecule has 4 rings (SSSR count). The molecule has 1 aliphatic rings. The number of hydrogen-bond acceptors (Lipinski definition) is 5. The van der Waals surface area contributed by atoms with Gasteiger partial charge in [0.2, 0.25) is 5.91 Å². The highest BCUT2D eigenvalue weighted by Gasteiger charge is 2.28. The molecule has 1 aromatic carbocycles. The van der Waals surface area contributed by atoms with Gasteiger partial charge in [0.25, 0.3) is 5.91 Å². The summed E-state index contributed by atoms with van der Waals surface area (Å²) < 4.78 is 0. The van der Waals surface area contributed by atoms with Crippen LogP contribution < -0.4 is 10.6 Å². The summed E-state index contributed by atoms with van der Waals surface area (Å²) >= 11 is 0. The molecule has 32 heavy (non-hydrogen) atoms. The van der Waals surface area contributed by atoms with Crippen LogP contribution in [0.5, 0.6) is 0 Å². The molecule has 7 heteroatoms. The molecule has 166 valence electrons. The third-order valence-corrected chi connectivity index (χ3v) is 5.93. The first kappa shape index (κ1) is 21.7. The van der Waals surface area contributed by atoms with Crippen molar-refractivity contribution in [2.45, 2.75) is 52.5 Å². The van der Waals surface area contributed by atoms with E-state index in [-0.39, 0.29) is 17.9 Å². The van der Waals surface area contributed by atoms with Gasteiger partial charge in [-0.2, -0.15) is 0 Å². The Labute approximate surface area is 188 Å². The predicted molar refractivity (Wildman–Crippen MR) is 127 cm³/mol. The summed E-state index contributed by atoms with van der Waals surface area (Å²) in [5.74, 6) is -0.115. The van der Waals surface area contributed by atoms with Crippen LogP contribution in [-0.2, 0) is 4.79 Å². The molecule has 2 N–H and O–H groups in total. The van der Waals surface area contributed by atoms with Crippen molar-refractivity contribution in [2.75, 3.05) is 17.2 Å². The number of likely N-dealkylation sites (tertiary alicyclic amines) is 1. The number of nitrogens with zero attached hydrogens (tertiary/aromatic N) is 3. The van der Waals surface area contributed by atoms with Crippen LogP contribution in [0.4, 0.5) is 17.1 Å². The normalized spacial score (nSPS) is 16.1. The van der Waals surface area contributed by atoms with Gasteiger partial charge < -0.3 is 15.5 Å². The number of benzene rings is 1. The number of fused-ring (bicyclic) bond motifs is 1. The molecule has 1 aliphatic heterocycles. The predicted octanol–water partition coefficient (Wildman–Crippen LogP) is 5.04. The summed E-state index contributed by atoms with van der Waals surface area (Å²) in [6.07, 6.45) is 5.81. The van der Waals surface area contributed by atoms with Crippen molar-refractivity contribution >= 4 is 39.9 Å². The lowest BCUT2D eigenvalue weighted by molar-refractivity contribution is -0.114. The van der Waals surface area contributed by atoms with Gasteiger partial charge in [-0.25, -0.2) is 9.97 Å². The number of amides is 2. The summed E-state index contributed by atoms with van der Waals surface area (Å²) in [6, 6.07) is 11.6. The average molecular weight is 432 g/mol. The van der Waals surface area contributed by atoms with Crippen molar-refractivity contribution in [1.82, 2.24) is 14.9 Å². The third kappa shape index (κ3) is 4.56. The second-order valence-corrected chi connectivity index (χ2v) is 8.31. The zero-order chi connectivity index (χ0) is 22.7. The van der Waals surface area contributed by atoms with Gasteiger partial charge >= 0.3 is 0 Å². The van der Waals surface area contributed by atoms with E-state index in [9.17, 15) is 9.59 Å². The van der Waals surface area contributed by atoms with Crippen molar-refractivity contribution in [3.05, 3.63) is 53.9 Å². The number of nitrogens with one attached hydrogen (secondary N) is 2. The van der Waals surface area contributed by atoms with E-state index in [0.29, 0.717) is 16.9 Å². The second kappa shape index (κ2) is 9.34. The van der Waals surface area contributed by atoms with Crippen LogP contribution in [0.1, 0.15) is 55.6 Å². The maximum Gasteiger partial charge on any atom is 0.257 e. The van der Waals surface area contributed by atoms with E-state index in [1.54, 1.807) is 6.20 Å². The number of carbonyl (C=O) groups is 2. The van der Waals surface area contributed by atoms with Crippen molar-refractivity contribution in [3.63, 3.8) is 0 Å². The number of anilines is 3. The number of piperidine rings is 1. The van der Waals surface area contributed by atoms with Crippen LogP contribution in [0.15, 0.2) is 42.6 Å². The minimum absolute atomic E-state index is 0.00360. The van der Waals surface area contributed by atoms with Crippen LogP contribution in [0.3, 0.4) is 0 Å². The SMILES string of the molecule is CC[C@@H]1CCCCN1C(=O)c1cnc2nc(C)ccc2c1Nc1ccc(NC(C)=O)cc1. The lowest BCUT2D eigenvalue weighted by Gasteiger charge is -2.35. The Hall–Kier alpha value is -3.48. The van der Waals surface area contributed by atoms with Gasteiger partial charge in [0.05, 0.1) is 11.3 Å². The molecule has 0 radical (unpaired) electrons. The summed E-state index contributed by atoms with van der Waals surface area (Å²) in [5, 5.41) is 7.00. The molecular weight excluding hydrogens is 402 g/mol. The van der Waals surface area contributed by atoms with Crippen LogP contribution in [0, 0.1) is 6.92 Å². The maximum absolute atomic E-state index is 13.6. The number of pyridine rings is 2. The zero-order valence-corrected chi connectivity index (χ0v) is 18.8. The molecule has 2 aromatic heterocycles. The minimum atomic E-state index is -0.118. The summed E-state index contributed by atoms with van der Waals surface area (Å²) in [6.45, 7) is 6.31. The fourth-order valence-electron chi connectivity index (χ4n) is 4.30. The van der Waals surface area contributed by atoms with Gasteiger partial charge in [-0.05, 0) is 69.0 Å². The number of rotatable bonds is 5. The summed E-state index contributed by atoms with van der Waals surface area (Å²) in [4.78, 5) is 36.0. The van der Waals surface area contributed by atoms with Crippen molar-refractivity contribution in [1.29, 1.82) is 0 Å². The number of carbonyl (C=O) groups excluding carboxylic acids is 2.